The van der Waals surface area contributed by atoms with E-state index in [1.54, 1.807) is 12.2 Å². The van der Waals surface area contributed by atoms with E-state index in [0.717, 1.165) is 33.9 Å². The first-order chi connectivity index (χ1) is 12.7. The molecule has 3 rings (SSSR count). The first-order valence-electron chi connectivity index (χ1n) is 8.41. The van der Waals surface area contributed by atoms with Crippen LogP contribution >= 0.6 is 0 Å². The lowest BCUT2D eigenvalue weighted by Crippen LogP contribution is -2.36. The lowest BCUT2D eigenvalue weighted by molar-refractivity contribution is 0.756. The van der Waals surface area contributed by atoms with Gasteiger partial charge in [0.1, 0.15) is 11.7 Å². The Morgan fingerprint density at radius 2 is 1.65 bits per heavy atom. The van der Waals surface area contributed by atoms with E-state index in [1.807, 2.05) is 66.7 Å². The minimum atomic E-state index is -0.310. The maximum atomic E-state index is 4.81. The summed E-state index contributed by atoms with van der Waals surface area (Å²) in [5.74, 6) is 1.50. The molecule has 26 heavy (non-hydrogen) atoms. The minimum absolute atomic E-state index is 0.310. The van der Waals surface area contributed by atoms with Crippen molar-refractivity contribution in [1.29, 1.82) is 0 Å². The largest absolute Gasteiger partial charge is 0.324 e. The van der Waals surface area contributed by atoms with Gasteiger partial charge in [-0.2, -0.15) is 0 Å². The Bertz CT molecular complexity index is 900. The highest BCUT2D eigenvalue weighted by Crippen LogP contribution is 2.24. The van der Waals surface area contributed by atoms with E-state index in [4.69, 9.17) is 9.98 Å². The predicted molar refractivity (Wildman–Crippen MR) is 111 cm³/mol. The minimum Gasteiger partial charge on any atom is -0.324 e. The van der Waals surface area contributed by atoms with Crippen molar-refractivity contribution in [3.05, 3.63) is 115 Å². The molecule has 2 aromatic rings. The van der Waals surface area contributed by atoms with Gasteiger partial charge in [-0.05, 0) is 11.1 Å². The van der Waals surface area contributed by atoms with Gasteiger partial charge in [-0.25, -0.2) is 9.98 Å². The van der Waals surface area contributed by atoms with Crippen molar-refractivity contribution in [2.75, 3.05) is 0 Å². The van der Waals surface area contributed by atoms with Crippen molar-refractivity contribution >= 4 is 17.7 Å². The van der Waals surface area contributed by atoms with Crippen LogP contribution < -0.4 is 5.32 Å². The zero-order valence-corrected chi connectivity index (χ0v) is 14.6. The van der Waals surface area contributed by atoms with Gasteiger partial charge in [-0.3, -0.25) is 0 Å². The summed E-state index contributed by atoms with van der Waals surface area (Å²) in [5.41, 5.74) is 3.97. The van der Waals surface area contributed by atoms with Crippen LogP contribution in [0.25, 0.3) is 6.08 Å². The SMILES string of the molecule is C=C/C=C(\C=C)C1=NC(c2ccccc2)N=C(c2ccc(C=C)cc2)N1. The molecule has 1 aliphatic heterocycles. The molecule has 1 atom stereocenters. The molecule has 0 saturated carbocycles. The molecule has 0 radical (unpaired) electrons. The molecule has 0 saturated heterocycles. The van der Waals surface area contributed by atoms with Crippen molar-refractivity contribution in [1.82, 2.24) is 5.32 Å². The molecular formula is C23H21N3. The fraction of sp³-hybridized carbons (Fsp3) is 0.0435. The summed E-state index contributed by atoms with van der Waals surface area (Å²) < 4.78 is 0. The van der Waals surface area contributed by atoms with Crippen LogP contribution in [0.3, 0.4) is 0 Å². The lowest BCUT2D eigenvalue weighted by Gasteiger charge is -2.22. The molecule has 3 heteroatoms. The highest BCUT2D eigenvalue weighted by molar-refractivity contribution is 6.16. The van der Waals surface area contributed by atoms with Crippen LogP contribution in [0.15, 0.2) is 108 Å². The standard InChI is InChI=1S/C23H21N3/c1-4-10-18(6-3)21-24-22(19-11-8-7-9-12-19)26-23(25-21)20-15-13-17(5-2)14-16-20/h4-16,22H,1-3H2,(H,24,25,26)/b18-10+. The van der Waals surface area contributed by atoms with E-state index in [1.165, 1.54) is 0 Å². The molecule has 2 aromatic carbocycles. The topological polar surface area (TPSA) is 36.8 Å². The summed E-state index contributed by atoms with van der Waals surface area (Å²) in [6.07, 6.45) is 6.88. The van der Waals surface area contributed by atoms with Crippen molar-refractivity contribution < 1.29 is 0 Å². The van der Waals surface area contributed by atoms with Gasteiger partial charge < -0.3 is 5.32 Å². The fourth-order valence-electron chi connectivity index (χ4n) is 2.67. The van der Waals surface area contributed by atoms with Crippen LogP contribution in [0.5, 0.6) is 0 Å². The maximum Gasteiger partial charge on any atom is 0.169 e. The maximum absolute atomic E-state index is 4.81. The Balaban J connectivity index is 2.04. The second-order valence-electron chi connectivity index (χ2n) is 5.75. The molecule has 0 spiro atoms. The monoisotopic (exact) mass is 339 g/mol. The summed E-state index contributed by atoms with van der Waals surface area (Å²) in [4.78, 5) is 9.58. The number of benzene rings is 2. The zero-order valence-electron chi connectivity index (χ0n) is 14.6. The predicted octanol–water partition coefficient (Wildman–Crippen LogP) is 5.08. The third-order valence-corrected chi connectivity index (χ3v) is 4.05. The summed E-state index contributed by atoms with van der Waals surface area (Å²) in [7, 11) is 0. The highest BCUT2D eigenvalue weighted by atomic mass is 15.2. The average molecular weight is 339 g/mol. The van der Waals surface area contributed by atoms with Gasteiger partial charge in [0, 0.05) is 11.1 Å². The molecule has 0 bridgehead atoms. The number of hydrogen-bond donors (Lipinski definition) is 1. The lowest BCUT2D eigenvalue weighted by atomic mass is 10.1. The summed E-state index contributed by atoms with van der Waals surface area (Å²) >= 11 is 0. The van der Waals surface area contributed by atoms with Crippen LogP contribution in [0.1, 0.15) is 22.9 Å². The highest BCUT2D eigenvalue weighted by Gasteiger charge is 2.20. The molecule has 0 aromatic heterocycles. The van der Waals surface area contributed by atoms with Crippen LogP contribution in [-0.2, 0) is 0 Å². The van der Waals surface area contributed by atoms with Crippen LogP contribution in [0, 0.1) is 0 Å². The molecular weight excluding hydrogens is 318 g/mol. The Morgan fingerprint density at radius 1 is 0.923 bits per heavy atom. The number of amidine groups is 2. The van der Waals surface area contributed by atoms with E-state index >= 15 is 0 Å². The van der Waals surface area contributed by atoms with Gasteiger partial charge in [0.2, 0.25) is 0 Å². The zero-order chi connectivity index (χ0) is 18.4. The van der Waals surface area contributed by atoms with Crippen LogP contribution in [0.2, 0.25) is 0 Å². The van der Waals surface area contributed by atoms with Gasteiger partial charge in [0.05, 0.1) is 0 Å². The average Bonchev–Trinajstić information content (AvgIpc) is 2.72. The summed E-state index contributed by atoms with van der Waals surface area (Å²) in [6.45, 7) is 11.5. The van der Waals surface area contributed by atoms with Crippen LogP contribution in [0.4, 0.5) is 0 Å². The van der Waals surface area contributed by atoms with Crippen molar-refractivity contribution in [3.8, 4) is 0 Å². The number of aliphatic imine (C=N–C) groups is 2. The molecule has 0 aliphatic carbocycles. The van der Waals surface area contributed by atoms with E-state index in [-0.39, 0.29) is 6.17 Å². The fourth-order valence-corrected chi connectivity index (χ4v) is 2.67. The van der Waals surface area contributed by atoms with Gasteiger partial charge in [-0.1, -0.05) is 98.6 Å². The molecule has 0 fully saturated rings. The molecule has 128 valence electrons. The van der Waals surface area contributed by atoms with E-state index in [0.29, 0.717) is 0 Å². The Kier molecular flexibility index (Phi) is 5.40. The van der Waals surface area contributed by atoms with Crippen molar-refractivity contribution in [2.45, 2.75) is 6.17 Å². The second-order valence-corrected chi connectivity index (χ2v) is 5.75. The molecule has 1 unspecified atom stereocenters. The first kappa shape index (κ1) is 17.4. The number of nitrogens with one attached hydrogen (secondary N) is 1. The number of rotatable bonds is 6. The smallest absolute Gasteiger partial charge is 0.169 e. The number of allylic oxidation sites excluding steroid dienone is 2. The van der Waals surface area contributed by atoms with Crippen LogP contribution in [-0.4, -0.2) is 11.7 Å². The summed E-state index contributed by atoms with van der Waals surface area (Å²) in [6, 6.07) is 18.1. The van der Waals surface area contributed by atoms with Crippen molar-refractivity contribution in [2.24, 2.45) is 9.98 Å². The molecule has 0 amide bonds. The van der Waals surface area contributed by atoms with Gasteiger partial charge in [0.25, 0.3) is 0 Å². The van der Waals surface area contributed by atoms with E-state index in [9.17, 15) is 0 Å². The number of hydrogen-bond acceptors (Lipinski definition) is 3. The Morgan fingerprint density at radius 3 is 2.27 bits per heavy atom. The first-order valence-corrected chi connectivity index (χ1v) is 8.41. The molecule has 3 nitrogen and oxygen atoms in total. The number of nitrogens with zero attached hydrogens (tertiary/aromatic N) is 2. The summed E-state index contributed by atoms with van der Waals surface area (Å²) in [5, 5.41) is 3.33. The quantitative estimate of drug-likeness (QED) is 0.733. The van der Waals surface area contributed by atoms with Crippen molar-refractivity contribution in [3.63, 3.8) is 0 Å². The van der Waals surface area contributed by atoms with Gasteiger partial charge in [-0.15, -0.1) is 0 Å². The molecule has 1 heterocycles. The third-order valence-electron chi connectivity index (χ3n) is 4.05. The molecule has 1 aliphatic rings. The second kappa shape index (κ2) is 8.08. The van der Waals surface area contributed by atoms with Gasteiger partial charge in [0.15, 0.2) is 6.17 Å². The Hall–Kier alpha value is -3.46. The van der Waals surface area contributed by atoms with E-state index < -0.39 is 0 Å². The Labute approximate surface area is 154 Å². The normalized spacial score (nSPS) is 16.8. The van der Waals surface area contributed by atoms with E-state index in [2.05, 4.69) is 25.1 Å². The van der Waals surface area contributed by atoms with Gasteiger partial charge >= 0.3 is 0 Å². The third kappa shape index (κ3) is 3.78. The molecule has 1 N–H and O–H groups in total.